The van der Waals surface area contributed by atoms with Crippen molar-refractivity contribution in [1.82, 2.24) is 14.7 Å². The molecule has 0 spiro atoms. The van der Waals surface area contributed by atoms with Crippen LogP contribution >= 0.6 is 0 Å². The summed E-state index contributed by atoms with van der Waals surface area (Å²) in [4.78, 5) is 69.2. The van der Waals surface area contributed by atoms with Crippen molar-refractivity contribution < 1.29 is 76.5 Å². The molecule has 16 heteroatoms. The number of aliphatic hydroxyl groups excluding tert-OH is 6. The van der Waals surface area contributed by atoms with Crippen LogP contribution in [0.5, 0.6) is 0 Å². The fourth-order valence-electron chi connectivity index (χ4n) is 2.78. The maximum absolute atomic E-state index is 11.2. The van der Waals surface area contributed by atoms with Crippen molar-refractivity contribution in [2.75, 3.05) is 78.9 Å². The summed E-state index contributed by atoms with van der Waals surface area (Å²) in [5.41, 5.74) is 0. The minimum Gasteiger partial charge on any atom is -0.395 e. The van der Waals surface area contributed by atoms with Gasteiger partial charge in [-0.3, -0.25) is 28.8 Å². The molecule has 1 radical (unpaired) electrons. The second-order valence-electron chi connectivity index (χ2n) is 8.12. The fraction of sp³-hybridized carbons (Fsp3) is 0.750. The van der Waals surface area contributed by atoms with Crippen molar-refractivity contribution in [3.63, 3.8) is 0 Å². The minimum atomic E-state index is -0.351. The quantitative estimate of drug-likeness (QED) is 0.0641. The van der Waals surface area contributed by atoms with Gasteiger partial charge >= 0.3 is 17.1 Å². The number of ketones is 3. The second-order valence-corrected chi connectivity index (χ2v) is 8.12. The maximum atomic E-state index is 11.2. The number of hydrogen-bond donors (Lipinski definition) is 6. The third-order valence-corrected chi connectivity index (χ3v) is 4.48. The first-order valence-electron chi connectivity index (χ1n) is 12.3. The molecule has 233 valence electrons. The molecule has 0 aliphatic heterocycles. The Kier molecular flexibility index (Phi) is 33.2. The van der Waals surface area contributed by atoms with E-state index in [1.165, 1.54) is 35.5 Å². The van der Waals surface area contributed by atoms with Gasteiger partial charge in [0.25, 0.3) is 0 Å². The molecule has 0 atom stereocenters. The van der Waals surface area contributed by atoms with Crippen LogP contribution in [0.4, 0.5) is 0 Å². The first-order valence-corrected chi connectivity index (χ1v) is 12.3. The first kappa shape index (κ1) is 44.7. The van der Waals surface area contributed by atoms with Crippen LogP contribution in [0.2, 0.25) is 0 Å². The Hall–Kier alpha value is -2.30. The van der Waals surface area contributed by atoms with E-state index in [0.717, 1.165) is 0 Å². The van der Waals surface area contributed by atoms with E-state index in [1.54, 1.807) is 0 Å². The Morgan fingerprint density at radius 3 is 0.650 bits per heavy atom. The van der Waals surface area contributed by atoms with Crippen molar-refractivity contribution in [3.05, 3.63) is 0 Å². The topological polar surface area (TPSA) is 234 Å². The Labute approximate surface area is 245 Å². The summed E-state index contributed by atoms with van der Waals surface area (Å²) in [6.45, 7) is 3.96. The van der Waals surface area contributed by atoms with Crippen molar-refractivity contribution in [1.29, 1.82) is 0 Å². The van der Waals surface area contributed by atoms with E-state index in [0.29, 0.717) is 0 Å². The number of carbonyl (C=O) groups excluding carboxylic acids is 6. The third kappa shape index (κ3) is 27.3. The molecule has 0 aliphatic carbocycles. The van der Waals surface area contributed by atoms with Gasteiger partial charge in [-0.15, -0.1) is 0 Å². The molecular formula is C24H45FeN3O12+3. The number of aliphatic hydroxyl groups is 6. The molecule has 6 N–H and O–H groups in total. The Morgan fingerprint density at radius 1 is 0.400 bits per heavy atom. The van der Waals surface area contributed by atoms with E-state index in [9.17, 15) is 28.8 Å². The predicted octanol–water partition coefficient (Wildman–Crippen LogP) is -3.67. The van der Waals surface area contributed by atoms with Gasteiger partial charge in [0.2, 0.25) is 17.7 Å². The molecule has 0 aromatic carbocycles. The summed E-state index contributed by atoms with van der Waals surface area (Å²) >= 11 is 0. The Balaban J connectivity index is -0.000000240. The normalized spacial score (nSPS) is 9.53. The van der Waals surface area contributed by atoms with Crippen LogP contribution in [0.3, 0.4) is 0 Å². The SMILES string of the molecule is CC(=O)CC(=O)N(CCO)CCO.CC(=O)CC(=O)N(CCO)CCO.CC(=O)CC(=O)N(CCO)CCO.[Fe+3]. The zero-order valence-corrected chi connectivity index (χ0v) is 24.5. The largest absolute Gasteiger partial charge is 3.00 e. The smallest absolute Gasteiger partial charge is 0.395 e. The molecule has 0 rings (SSSR count). The summed E-state index contributed by atoms with van der Waals surface area (Å²) in [6, 6.07) is 0. The van der Waals surface area contributed by atoms with Gasteiger partial charge in [-0.25, -0.2) is 0 Å². The number of Topliss-reactive ketones (excluding diaryl/α,β-unsaturated/α-hetero) is 3. The Morgan fingerprint density at radius 2 is 0.550 bits per heavy atom. The fourth-order valence-corrected chi connectivity index (χ4v) is 2.78. The number of hydrogen-bond acceptors (Lipinski definition) is 12. The molecule has 0 fully saturated rings. The molecule has 3 amide bonds. The van der Waals surface area contributed by atoms with Crippen LogP contribution < -0.4 is 0 Å². The standard InChI is InChI=1S/3C8H15NO4.Fe/c3*1-7(12)6-8(13)9(2-4-10)3-5-11;/h3*10-11H,2-6H2,1H3;/q;;;+3. The number of rotatable bonds is 18. The molecule has 0 saturated carbocycles. The second kappa shape index (κ2) is 29.7. The zero-order valence-electron chi connectivity index (χ0n) is 23.4. The zero-order chi connectivity index (χ0) is 30.8. The van der Waals surface area contributed by atoms with Crippen molar-refractivity contribution in [2.24, 2.45) is 0 Å². The Bertz CT molecular complexity index is 627. The number of nitrogens with zero attached hydrogens (tertiary/aromatic N) is 3. The number of amides is 3. The molecule has 40 heavy (non-hydrogen) atoms. The average molecular weight is 623 g/mol. The summed E-state index contributed by atoms with van der Waals surface area (Å²) in [5, 5.41) is 51.5. The summed E-state index contributed by atoms with van der Waals surface area (Å²) < 4.78 is 0. The molecular weight excluding hydrogens is 578 g/mol. The van der Waals surface area contributed by atoms with Crippen LogP contribution in [-0.2, 0) is 45.8 Å². The number of carbonyl (C=O) groups is 6. The minimum absolute atomic E-state index is 0. The van der Waals surface area contributed by atoms with E-state index in [2.05, 4.69) is 0 Å². The van der Waals surface area contributed by atoms with Gasteiger partial charge in [-0.05, 0) is 20.8 Å². The van der Waals surface area contributed by atoms with Gasteiger partial charge in [0.1, 0.15) is 17.3 Å². The van der Waals surface area contributed by atoms with Gasteiger partial charge in [-0.2, -0.15) is 0 Å². The van der Waals surface area contributed by atoms with Crippen molar-refractivity contribution in [2.45, 2.75) is 40.0 Å². The van der Waals surface area contributed by atoms with Gasteiger partial charge in [0.15, 0.2) is 0 Å². The van der Waals surface area contributed by atoms with E-state index >= 15 is 0 Å². The van der Waals surface area contributed by atoms with E-state index in [4.69, 9.17) is 30.6 Å². The van der Waals surface area contributed by atoms with E-state index < -0.39 is 0 Å². The van der Waals surface area contributed by atoms with Crippen LogP contribution in [-0.4, -0.2) is 159 Å². The summed E-state index contributed by atoms with van der Waals surface area (Å²) in [5.74, 6) is -1.70. The van der Waals surface area contributed by atoms with Crippen molar-refractivity contribution in [3.8, 4) is 0 Å². The van der Waals surface area contributed by atoms with Crippen LogP contribution in [0.15, 0.2) is 0 Å². The monoisotopic (exact) mass is 623 g/mol. The molecule has 0 bridgehead atoms. The molecule has 0 aliphatic rings. The third-order valence-electron chi connectivity index (χ3n) is 4.48. The van der Waals surface area contributed by atoms with Gasteiger partial charge in [-0.1, -0.05) is 0 Å². The van der Waals surface area contributed by atoms with Crippen LogP contribution in [0.25, 0.3) is 0 Å². The predicted molar refractivity (Wildman–Crippen MR) is 138 cm³/mol. The molecule has 0 heterocycles. The van der Waals surface area contributed by atoms with Gasteiger partial charge in [0, 0.05) is 39.3 Å². The average Bonchev–Trinajstić information content (AvgIpc) is 2.83. The van der Waals surface area contributed by atoms with Crippen molar-refractivity contribution >= 4 is 35.1 Å². The molecule has 0 saturated heterocycles. The molecule has 0 aromatic rings. The summed E-state index contributed by atoms with van der Waals surface area (Å²) in [6.07, 6.45) is -0.500. The maximum Gasteiger partial charge on any atom is 3.00 e. The first-order chi connectivity index (χ1) is 18.3. The van der Waals surface area contributed by atoms with Crippen LogP contribution in [0, 0.1) is 0 Å². The van der Waals surface area contributed by atoms with E-state index in [-0.39, 0.29) is 150 Å². The van der Waals surface area contributed by atoms with E-state index in [1.807, 2.05) is 0 Å². The summed E-state index contributed by atoms with van der Waals surface area (Å²) in [7, 11) is 0. The van der Waals surface area contributed by atoms with Crippen LogP contribution in [0.1, 0.15) is 40.0 Å². The van der Waals surface area contributed by atoms with Gasteiger partial charge < -0.3 is 45.3 Å². The molecule has 0 unspecified atom stereocenters. The van der Waals surface area contributed by atoms with Gasteiger partial charge in [0.05, 0.1) is 58.9 Å². The molecule has 0 aromatic heterocycles. The molecule has 15 nitrogen and oxygen atoms in total.